The van der Waals surface area contributed by atoms with Gasteiger partial charge in [-0.15, -0.1) is 11.8 Å². The summed E-state index contributed by atoms with van der Waals surface area (Å²) in [6, 6.07) is 4.41. The minimum atomic E-state index is -0.458. The normalized spacial score (nSPS) is 18.5. The lowest BCUT2D eigenvalue weighted by Crippen LogP contribution is -2.08. The quantitative estimate of drug-likeness (QED) is 0.615. The standard InChI is InChI=1S/C9H8N2O3S/c1-15-8-6-4-5(11(13)14)2-3-7(6)10-9(8)12/h2-4,8H,1H3,(H,10,12). The van der Waals surface area contributed by atoms with Gasteiger partial charge >= 0.3 is 0 Å². The van der Waals surface area contributed by atoms with Crippen LogP contribution in [0.4, 0.5) is 11.4 Å². The molecule has 1 unspecified atom stereocenters. The highest BCUT2D eigenvalue weighted by molar-refractivity contribution is 7.99. The maximum atomic E-state index is 11.4. The number of nitrogens with zero attached hydrogens (tertiary/aromatic N) is 1. The minimum absolute atomic E-state index is 0.0179. The maximum absolute atomic E-state index is 11.4. The molecule has 1 aliphatic rings. The third kappa shape index (κ3) is 1.56. The predicted octanol–water partition coefficient (Wildman–Crippen LogP) is 1.95. The summed E-state index contributed by atoms with van der Waals surface area (Å²) in [7, 11) is 0. The third-order valence-corrected chi connectivity index (χ3v) is 3.20. The van der Waals surface area contributed by atoms with E-state index in [1.807, 2.05) is 0 Å². The molecule has 0 aromatic heterocycles. The molecular formula is C9H8N2O3S. The highest BCUT2D eigenvalue weighted by Gasteiger charge is 2.31. The molecule has 78 valence electrons. The third-order valence-electron chi connectivity index (χ3n) is 2.26. The molecule has 0 saturated carbocycles. The monoisotopic (exact) mass is 224 g/mol. The van der Waals surface area contributed by atoms with Crippen LogP contribution in [0.15, 0.2) is 18.2 Å². The molecule has 1 aromatic rings. The number of amides is 1. The molecule has 0 fully saturated rings. The molecule has 1 amide bonds. The number of carbonyl (C=O) groups is 1. The second-order valence-electron chi connectivity index (χ2n) is 3.13. The lowest BCUT2D eigenvalue weighted by molar-refractivity contribution is -0.384. The molecule has 1 N–H and O–H groups in total. The van der Waals surface area contributed by atoms with Gasteiger partial charge in [-0.25, -0.2) is 0 Å². The molecule has 1 aromatic carbocycles. The van der Waals surface area contributed by atoms with Crippen molar-refractivity contribution in [3.63, 3.8) is 0 Å². The molecule has 6 heteroatoms. The van der Waals surface area contributed by atoms with Gasteiger partial charge in [0.1, 0.15) is 5.25 Å². The van der Waals surface area contributed by atoms with Crippen molar-refractivity contribution in [2.45, 2.75) is 5.25 Å². The first-order valence-electron chi connectivity index (χ1n) is 4.25. The van der Waals surface area contributed by atoms with E-state index in [1.54, 1.807) is 12.3 Å². The number of rotatable bonds is 2. The summed E-state index contributed by atoms with van der Waals surface area (Å²) in [6.45, 7) is 0. The van der Waals surface area contributed by atoms with E-state index >= 15 is 0 Å². The molecule has 2 rings (SSSR count). The first kappa shape index (κ1) is 9.97. The van der Waals surface area contributed by atoms with Crippen LogP contribution in [-0.4, -0.2) is 17.1 Å². The Bertz CT molecular complexity index is 447. The van der Waals surface area contributed by atoms with Gasteiger partial charge in [0, 0.05) is 23.4 Å². The van der Waals surface area contributed by atoms with Gasteiger partial charge in [-0.05, 0) is 12.3 Å². The lowest BCUT2D eigenvalue weighted by atomic mass is 10.1. The molecule has 5 nitrogen and oxygen atoms in total. The number of anilines is 1. The van der Waals surface area contributed by atoms with Crippen LogP contribution >= 0.6 is 11.8 Å². The van der Waals surface area contributed by atoms with Gasteiger partial charge < -0.3 is 5.32 Å². The van der Waals surface area contributed by atoms with E-state index in [1.165, 1.54) is 23.9 Å². The van der Waals surface area contributed by atoms with Gasteiger partial charge in [-0.1, -0.05) is 0 Å². The van der Waals surface area contributed by atoms with Crippen LogP contribution in [-0.2, 0) is 4.79 Å². The van der Waals surface area contributed by atoms with E-state index in [2.05, 4.69) is 5.32 Å². The van der Waals surface area contributed by atoms with Gasteiger partial charge in [0.05, 0.1) is 4.92 Å². The zero-order valence-corrected chi connectivity index (χ0v) is 8.71. The van der Waals surface area contributed by atoms with Crippen molar-refractivity contribution in [3.8, 4) is 0 Å². The zero-order chi connectivity index (χ0) is 11.0. The summed E-state index contributed by atoms with van der Waals surface area (Å²) >= 11 is 1.37. The molecule has 1 atom stereocenters. The Morgan fingerprint density at radius 1 is 1.53 bits per heavy atom. The summed E-state index contributed by atoms with van der Waals surface area (Å²) in [5.41, 5.74) is 1.39. The van der Waals surface area contributed by atoms with Crippen molar-refractivity contribution < 1.29 is 9.72 Å². The molecule has 0 radical (unpaired) electrons. The molecule has 1 aliphatic heterocycles. The fourth-order valence-electron chi connectivity index (χ4n) is 1.57. The Morgan fingerprint density at radius 2 is 2.27 bits per heavy atom. The summed E-state index contributed by atoms with van der Waals surface area (Å²) < 4.78 is 0. The van der Waals surface area contributed by atoms with Gasteiger partial charge in [0.15, 0.2) is 0 Å². The van der Waals surface area contributed by atoms with Crippen LogP contribution in [0.3, 0.4) is 0 Å². The number of benzene rings is 1. The van der Waals surface area contributed by atoms with E-state index in [0.717, 1.165) is 0 Å². The van der Waals surface area contributed by atoms with Crippen molar-refractivity contribution >= 4 is 29.0 Å². The first-order valence-corrected chi connectivity index (χ1v) is 5.54. The Morgan fingerprint density at radius 3 is 2.87 bits per heavy atom. The molecular weight excluding hydrogens is 216 g/mol. The van der Waals surface area contributed by atoms with Gasteiger partial charge in [0.25, 0.3) is 5.69 Å². The number of nitro benzene ring substituents is 1. The number of hydrogen-bond acceptors (Lipinski definition) is 4. The highest BCUT2D eigenvalue weighted by Crippen LogP contribution is 2.40. The van der Waals surface area contributed by atoms with Gasteiger partial charge in [0.2, 0.25) is 5.91 Å². The number of carbonyl (C=O) groups excluding carboxylic acids is 1. The van der Waals surface area contributed by atoms with Gasteiger partial charge in [-0.3, -0.25) is 14.9 Å². The number of thioether (sulfide) groups is 1. The van der Waals surface area contributed by atoms with E-state index < -0.39 is 4.92 Å². The van der Waals surface area contributed by atoms with Crippen molar-refractivity contribution in [1.29, 1.82) is 0 Å². The lowest BCUT2D eigenvalue weighted by Gasteiger charge is -2.03. The fraction of sp³-hybridized carbons (Fsp3) is 0.222. The van der Waals surface area contributed by atoms with Crippen molar-refractivity contribution in [2.75, 3.05) is 11.6 Å². The summed E-state index contributed by atoms with van der Waals surface area (Å²) in [6.07, 6.45) is 1.80. The van der Waals surface area contributed by atoms with E-state index in [9.17, 15) is 14.9 Å². The van der Waals surface area contributed by atoms with Gasteiger partial charge in [-0.2, -0.15) is 0 Å². The SMILES string of the molecule is CSC1C(=O)Nc2ccc([N+](=O)[O-])cc21. The average Bonchev–Trinajstić information content (AvgIpc) is 2.51. The molecule has 0 aliphatic carbocycles. The molecule has 15 heavy (non-hydrogen) atoms. The second-order valence-corrected chi connectivity index (χ2v) is 4.08. The minimum Gasteiger partial charge on any atom is -0.325 e. The van der Waals surface area contributed by atoms with Crippen LogP contribution in [0.1, 0.15) is 10.8 Å². The number of non-ortho nitro benzene ring substituents is 1. The summed E-state index contributed by atoms with van der Waals surface area (Å²) in [4.78, 5) is 21.6. The van der Waals surface area contributed by atoms with Crippen molar-refractivity contribution in [3.05, 3.63) is 33.9 Å². The average molecular weight is 224 g/mol. The Hall–Kier alpha value is -1.56. The smallest absolute Gasteiger partial charge is 0.269 e. The predicted molar refractivity (Wildman–Crippen MR) is 58.0 cm³/mol. The molecule has 0 bridgehead atoms. The van der Waals surface area contributed by atoms with E-state index in [-0.39, 0.29) is 16.8 Å². The topological polar surface area (TPSA) is 72.2 Å². The van der Waals surface area contributed by atoms with Crippen LogP contribution in [0, 0.1) is 10.1 Å². The number of hydrogen-bond donors (Lipinski definition) is 1. The zero-order valence-electron chi connectivity index (χ0n) is 7.89. The Labute approximate surface area is 90.0 Å². The maximum Gasteiger partial charge on any atom is 0.269 e. The number of nitrogens with one attached hydrogen (secondary N) is 1. The summed E-state index contributed by atoms with van der Waals surface area (Å²) in [5.74, 6) is -0.113. The van der Waals surface area contributed by atoms with Crippen LogP contribution < -0.4 is 5.32 Å². The number of fused-ring (bicyclic) bond motifs is 1. The highest BCUT2D eigenvalue weighted by atomic mass is 32.2. The molecule has 0 saturated heterocycles. The fourth-order valence-corrected chi connectivity index (χ4v) is 2.29. The van der Waals surface area contributed by atoms with Crippen molar-refractivity contribution in [2.24, 2.45) is 0 Å². The van der Waals surface area contributed by atoms with E-state index in [4.69, 9.17) is 0 Å². The first-order chi connectivity index (χ1) is 7.13. The second kappa shape index (κ2) is 3.54. The Balaban J connectivity index is 2.49. The molecule has 0 spiro atoms. The van der Waals surface area contributed by atoms with Crippen LogP contribution in [0.5, 0.6) is 0 Å². The number of nitro groups is 1. The van der Waals surface area contributed by atoms with Crippen LogP contribution in [0.25, 0.3) is 0 Å². The van der Waals surface area contributed by atoms with Crippen LogP contribution in [0.2, 0.25) is 0 Å². The largest absolute Gasteiger partial charge is 0.325 e. The van der Waals surface area contributed by atoms with Crippen molar-refractivity contribution in [1.82, 2.24) is 0 Å². The Kier molecular flexibility index (Phi) is 2.36. The molecule has 1 heterocycles. The summed E-state index contributed by atoms with van der Waals surface area (Å²) in [5, 5.41) is 12.9. The van der Waals surface area contributed by atoms with E-state index in [0.29, 0.717) is 11.3 Å².